The van der Waals surface area contributed by atoms with E-state index in [0.717, 1.165) is 19.4 Å². The zero-order valence-corrected chi connectivity index (χ0v) is 10.4. The molecule has 1 amide bonds. The molecule has 0 spiro atoms. The summed E-state index contributed by atoms with van der Waals surface area (Å²) >= 11 is 0. The number of amides is 1. The van der Waals surface area contributed by atoms with Gasteiger partial charge in [-0.2, -0.15) is 0 Å². The van der Waals surface area contributed by atoms with E-state index in [4.69, 9.17) is 0 Å². The molecule has 1 saturated carbocycles. The van der Waals surface area contributed by atoms with Gasteiger partial charge in [0, 0.05) is 24.9 Å². The van der Waals surface area contributed by atoms with Gasteiger partial charge in [0.05, 0.1) is 0 Å². The highest BCUT2D eigenvalue weighted by atomic mass is 16.2. The standard InChI is InChI=1S/C15H19NO/c1-11-2-4-12(5-3-11)13-6-9-15(17)16(10-13)14-7-8-14/h2-5,13-14H,6-10H2,1H3. The Kier molecular flexibility index (Phi) is 2.65. The Balaban J connectivity index is 1.75. The number of benzene rings is 1. The molecule has 1 aliphatic carbocycles. The van der Waals surface area contributed by atoms with Crippen molar-refractivity contribution < 1.29 is 4.79 Å². The van der Waals surface area contributed by atoms with Crippen LogP contribution in [0.4, 0.5) is 0 Å². The maximum Gasteiger partial charge on any atom is 0.222 e. The van der Waals surface area contributed by atoms with Crippen molar-refractivity contribution >= 4 is 5.91 Å². The number of nitrogens with zero attached hydrogens (tertiary/aromatic N) is 1. The van der Waals surface area contributed by atoms with Crippen LogP contribution in [0.5, 0.6) is 0 Å². The van der Waals surface area contributed by atoms with E-state index in [0.29, 0.717) is 17.9 Å². The zero-order chi connectivity index (χ0) is 11.8. The molecule has 1 heterocycles. The summed E-state index contributed by atoms with van der Waals surface area (Å²) in [5.74, 6) is 0.921. The number of aryl methyl sites for hydroxylation is 1. The van der Waals surface area contributed by atoms with Crippen LogP contribution >= 0.6 is 0 Å². The van der Waals surface area contributed by atoms with Crippen LogP contribution < -0.4 is 0 Å². The van der Waals surface area contributed by atoms with Crippen LogP contribution in [-0.4, -0.2) is 23.4 Å². The van der Waals surface area contributed by atoms with E-state index < -0.39 is 0 Å². The van der Waals surface area contributed by atoms with Crippen molar-refractivity contribution in [1.29, 1.82) is 0 Å². The molecule has 1 saturated heterocycles. The van der Waals surface area contributed by atoms with Crippen LogP contribution in [-0.2, 0) is 4.79 Å². The van der Waals surface area contributed by atoms with Gasteiger partial charge in [0.1, 0.15) is 0 Å². The van der Waals surface area contributed by atoms with Crippen LogP contribution in [0.3, 0.4) is 0 Å². The molecule has 0 N–H and O–H groups in total. The third-order valence-corrected chi connectivity index (χ3v) is 3.98. The molecule has 2 aliphatic rings. The molecule has 1 aliphatic heterocycles. The van der Waals surface area contributed by atoms with Gasteiger partial charge in [-0.3, -0.25) is 4.79 Å². The van der Waals surface area contributed by atoms with Gasteiger partial charge < -0.3 is 4.90 Å². The van der Waals surface area contributed by atoms with Crippen molar-refractivity contribution in [2.24, 2.45) is 0 Å². The summed E-state index contributed by atoms with van der Waals surface area (Å²) in [6.07, 6.45) is 4.18. The molecule has 1 unspecified atom stereocenters. The molecular weight excluding hydrogens is 210 g/mol. The van der Waals surface area contributed by atoms with E-state index in [1.54, 1.807) is 0 Å². The van der Waals surface area contributed by atoms with Crippen molar-refractivity contribution in [2.45, 2.75) is 44.6 Å². The first-order chi connectivity index (χ1) is 8.24. The highest BCUT2D eigenvalue weighted by Gasteiger charge is 2.36. The SMILES string of the molecule is Cc1ccc(C2CCC(=O)N(C3CC3)C2)cc1. The van der Waals surface area contributed by atoms with E-state index in [1.807, 2.05) is 0 Å². The van der Waals surface area contributed by atoms with Gasteiger partial charge in [-0.25, -0.2) is 0 Å². The second-order valence-corrected chi connectivity index (χ2v) is 5.42. The number of piperidine rings is 1. The number of carbonyl (C=O) groups excluding carboxylic acids is 1. The summed E-state index contributed by atoms with van der Waals surface area (Å²) < 4.78 is 0. The Morgan fingerprint density at radius 1 is 1.12 bits per heavy atom. The average molecular weight is 229 g/mol. The molecule has 1 atom stereocenters. The number of hydrogen-bond acceptors (Lipinski definition) is 1. The predicted molar refractivity (Wildman–Crippen MR) is 67.9 cm³/mol. The summed E-state index contributed by atoms with van der Waals surface area (Å²) in [5.41, 5.74) is 2.70. The van der Waals surface area contributed by atoms with Gasteiger partial charge in [-0.15, -0.1) is 0 Å². The Bertz CT molecular complexity index is 419. The monoisotopic (exact) mass is 229 g/mol. The van der Waals surface area contributed by atoms with E-state index in [-0.39, 0.29) is 0 Å². The molecule has 3 rings (SSSR count). The summed E-state index contributed by atoms with van der Waals surface area (Å²) in [6.45, 7) is 3.05. The third-order valence-electron chi connectivity index (χ3n) is 3.98. The van der Waals surface area contributed by atoms with E-state index in [1.165, 1.54) is 24.0 Å². The molecule has 0 aromatic heterocycles. The van der Waals surface area contributed by atoms with Crippen molar-refractivity contribution in [3.8, 4) is 0 Å². The number of carbonyl (C=O) groups is 1. The summed E-state index contributed by atoms with van der Waals surface area (Å²) in [4.78, 5) is 14.0. The Morgan fingerprint density at radius 3 is 2.47 bits per heavy atom. The summed E-state index contributed by atoms with van der Waals surface area (Å²) in [6, 6.07) is 9.36. The maximum atomic E-state index is 11.8. The number of hydrogen-bond donors (Lipinski definition) is 0. The predicted octanol–water partition coefficient (Wildman–Crippen LogP) is 2.86. The third kappa shape index (κ3) is 2.21. The number of likely N-dealkylation sites (tertiary alicyclic amines) is 1. The van der Waals surface area contributed by atoms with Gasteiger partial charge in [0.25, 0.3) is 0 Å². The minimum absolute atomic E-state index is 0.371. The smallest absolute Gasteiger partial charge is 0.222 e. The lowest BCUT2D eigenvalue weighted by atomic mass is 9.90. The quantitative estimate of drug-likeness (QED) is 0.763. The molecule has 0 bridgehead atoms. The van der Waals surface area contributed by atoms with Gasteiger partial charge in [0.15, 0.2) is 0 Å². The normalized spacial score (nSPS) is 25.1. The van der Waals surface area contributed by atoms with Gasteiger partial charge >= 0.3 is 0 Å². The van der Waals surface area contributed by atoms with Crippen LogP contribution in [0.25, 0.3) is 0 Å². The minimum atomic E-state index is 0.371. The van der Waals surface area contributed by atoms with E-state index >= 15 is 0 Å². The molecule has 90 valence electrons. The molecule has 17 heavy (non-hydrogen) atoms. The van der Waals surface area contributed by atoms with Crippen LogP contribution in [0, 0.1) is 6.92 Å². The first kappa shape index (κ1) is 10.8. The fourth-order valence-corrected chi connectivity index (χ4v) is 2.72. The summed E-state index contributed by atoms with van der Waals surface area (Å²) in [7, 11) is 0. The van der Waals surface area contributed by atoms with Crippen LogP contribution in [0.15, 0.2) is 24.3 Å². The van der Waals surface area contributed by atoms with Crippen molar-refractivity contribution in [3.05, 3.63) is 35.4 Å². The van der Waals surface area contributed by atoms with E-state index in [2.05, 4.69) is 36.1 Å². The Labute approximate surface area is 103 Å². The highest BCUT2D eigenvalue weighted by Crippen LogP contribution is 2.35. The minimum Gasteiger partial charge on any atom is -0.339 e. The van der Waals surface area contributed by atoms with Crippen LogP contribution in [0.1, 0.15) is 42.7 Å². The van der Waals surface area contributed by atoms with Crippen molar-refractivity contribution in [2.75, 3.05) is 6.54 Å². The second kappa shape index (κ2) is 4.17. The molecule has 1 aromatic carbocycles. The molecule has 2 fully saturated rings. The largest absolute Gasteiger partial charge is 0.339 e. The Hall–Kier alpha value is -1.31. The lowest BCUT2D eigenvalue weighted by Gasteiger charge is -2.33. The lowest BCUT2D eigenvalue weighted by Crippen LogP contribution is -2.40. The molecular formula is C15H19NO. The first-order valence-corrected chi connectivity index (χ1v) is 6.60. The van der Waals surface area contributed by atoms with E-state index in [9.17, 15) is 4.79 Å². The highest BCUT2D eigenvalue weighted by molar-refractivity contribution is 5.78. The Morgan fingerprint density at radius 2 is 1.82 bits per heavy atom. The van der Waals surface area contributed by atoms with Gasteiger partial charge in [-0.1, -0.05) is 29.8 Å². The molecule has 2 nitrogen and oxygen atoms in total. The van der Waals surface area contributed by atoms with Gasteiger partial charge in [-0.05, 0) is 31.7 Å². The molecule has 1 aromatic rings. The topological polar surface area (TPSA) is 20.3 Å². The summed E-state index contributed by atoms with van der Waals surface area (Å²) in [5, 5.41) is 0. The van der Waals surface area contributed by atoms with Gasteiger partial charge in [0.2, 0.25) is 5.91 Å². The zero-order valence-electron chi connectivity index (χ0n) is 10.4. The molecule has 2 heteroatoms. The second-order valence-electron chi connectivity index (χ2n) is 5.42. The molecule has 0 radical (unpaired) electrons. The van der Waals surface area contributed by atoms with Crippen LogP contribution in [0.2, 0.25) is 0 Å². The van der Waals surface area contributed by atoms with Crippen molar-refractivity contribution in [3.63, 3.8) is 0 Å². The maximum absolute atomic E-state index is 11.8. The fraction of sp³-hybridized carbons (Fsp3) is 0.533. The first-order valence-electron chi connectivity index (χ1n) is 6.60. The lowest BCUT2D eigenvalue weighted by molar-refractivity contribution is -0.134. The number of rotatable bonds is 2. The van der Waals surface area contributed by atoms with Crippen molar-refractivity contribution in [1.82, 2.24) is 4.90 Å². The average Bonchev–Trinajstić information content (AvgIpc) is 3.15. The fourth-order valence-electron chi connectivity index (χ4n) is 2.72.